The Labute approximate surface area is 45.9 Å². The van der Waals surface area contributed by atoms with Crippen LogP contribution in [0.15, 0.2) is 12.3 Å². The second kappa shape index (κ2) is 1.78. The van der Waals surface area contributed by atoms with Crippen LogP contribution in [0.2, 0.25) is 0 Å². The first kappa shape index (κ1) is 5.03. The molecule has 0 aliphatic carbocycles. The SMILES string of the molecule is O=CC1OC=CC1=O. The smallest absolute Gasteiger partial charge is 0.214 e. The largest absolute Gasteiger partial charge is 0.482 e. The molecule has 1 rings (SSSR count). The second-order valence-corrected chi connectivity index (χ2v) is 1.40. The van der Waals surface area contributed by atoms with Crippen molar-refractivity contribution in [3.63, 3.8) is 0 Å². The molecule has 0 amide bonds. The first-order valence-electron chi connectivity index (χ1n) is 2.16. The fourth-order valence-electron chi connectivity index (χ4n) is 0.452. The Morgan fingerprint density at radius 1 is 1.75 bits per heavy atom. The van der Waals surface area contributed by atoms with Crippen molar-refractivity contribution in [2.45, 2.75) is 6.10 Å². The minimum atomic E-state index is -0.866. The van der Waals surface area contributed by atoms with Crippen LogP contribution in [0.4, 0.5) is 0 Å². The Hall–Kier alpha value is -1.12. The van der Waals surface area contributed by atoms with E-state index < -0.39 is 6.10 Å². The van der Waals surface area contributed by atoms with Gasteiger partial charge in [-0.15, -0.1) is 0 Å². The van der Waals surface area contributed by atoms with Crippen molar-refractivity contribution in [2.24, 2.45) is 0 Å². The third kappa shape index (κ3) is 0.621. The predicted molar refractivity (Wildman–Crippen MR) is 25.1 cm³/mol. The number of hydrogen-bond donors (Lipinski definition) is 0. The first-order valence-corrected chi connectivity index (χ1v) is 2.16. The number of ether oxygens (including phenoxy) is 1. The molecule has 1 aliphatic rings. The van der Waals surface area contributed by atoms with E-state index in [1.165, 1.54) is 12.3 Å². The highest BCUT2D eigenvalue weighted by molar-refractivity contribution is 6.04. The van der Waals surface area contributed by atoms with E-state index in [0.29, 0.717) is 6.29 Å². The molecule has 1 heterocycles. The maximum Gasteiger partial charge on any atom is 0.214 e. The van der Waals surface area contributed by atoms with Crippen molar-refractivity contribution in [1.29, 1.82) is 0 Å². The van der Waals surface area contributed by atoms with Gasteiger partial charge < -0.3 is 4.74 Å². The van der Waals surface area contributed by atoms with Crippen LogP contribution in [-0.2, 0) is 14.3 Å². The van der Waals surface area contributed by atoms with E-state index in [4.69, 9.17) is 0 Å². The Morgan fingerprint density at radius 2 is 2.50 bits per heavy atom. The van der Waals surface area contributed by atoms with Gasteiger partial charge in [-0.2, -0.15) is 0 Å². The van der Waals surface area contributed by atoms with Gasteiger partial charge in [0.25, 0.3) is 0 Å². The lowest BCUT2D eigenvalue weighted by Gasteiger charge is -1.94. The molecule has 3 heteroatoms. The molecule has 42 valence electrons. The Morgan fingerprint density at radius 3 is 2.75 bits per heavy atom. The lowest BCUT2D eigenvalue weighted by Crippen LogP contribution is -2.16. The van der Waals surface area contributed by atoms with Gasteiger partial charge in [0.2, 0.25) is 11.9 Å². The van der Waals surface area contributed by atoms with Gasteiger partial charge >= 0.3 is 0 Å². The summed E-state index contributed by atoms with van der Waals surface area (Å²) in [6.07, 6.45) is 2.07. The number of rotatable bonds is 1. The van der Waals surface area contributed by atoms with E-state index in [1.807, 2.05) is 0 Å². The fraction of sp³-hybridized carbons (Fsp3) is 0.200. The number of carbonyl (C=O) groups excluding carboxylic acids is 2. The predicted octanol–water partition coefficient (Wildman–Crippen LogP) is -0.333. The molecular formula is C5H4O3. The quantitative estimate of drug-likeness (QED) is 0.344. The zero-order valence-corrected chi connectivity index (χ0v) is 4.03. The zero-order valence-electron chi connectivity index (χ0n) is 4.03. The summed E-state index contributed by atoms with van der Waals surface area (Å²) in [7, 11) is 0. The Bertz CT molecular complexity index is 148. The van der Waals surface area contributed by atoms with Crippen LogP contribution in [0.5, 0.6) is 0 Å². The van der Waals surface area contributed by atoms with Crippen molar-refractivity contribution in [3.8, 4) is 0 Å². The van der Waals surface area contributed by atoms with Gasteiger partial charge in [-0.25, -0.2) is 0 Å². The summed E-state index contributed by atoms with van der Waals surface area (Å²) in [6.45, 7) is 0. The molecular weight excluding hydrogens is 108 g/mol. The lowest BCUT2D eigenvalue weighted by atomic mass is 10.3. The van der Waals surface area contributed by atoms with Gasteiger partial charge in [0.1, 0.15) is 0 Å². The Kier molecular flexibility index (Phi) is 1.12. The van der Waals surface area contributed by atoms with Crippen molar-refractivity contribution in [3.05, 3.63) is 12.3 Å². The molecule has 1 atom stereocenters. The van der Waals surface area contributed by atoms with Crippen LogP contribution in [0.25, 0.3) is 0 Å². The highest BCUT2D eigenvalue weighted by Gasteiger charge is 2.19. The summed E-state index contributed by atoms with van der Waals surface area (Å²) in [5.74, 6) is -0.278. The van der Waals surface area contributed by atoms with Gasteiger partial charge in [0, 0.05) is 6.08 Å². The van der Waals surface area contributed by atoms with Crippen LogP contribution in [0.3, 0.4) is 0 Å². The summed E-state index contributed by atoms with van der Waals surface area (Å²) in [4.78, 5) is 20.2. The monoisotopic (exact) mass is 112 g/mol. The number of hydrogen-bond acceptors (Lipinski definition) is 3. The van der Waals surface area contributed by atoms with Crippen LogP contribution in [0, 0.1) is 0 Å². The summed E-state index contributed by atoms with van der Waals surface area (Å²) in [6, 6.07) is 0. The topological polar surface area (TPSA) is 43.4 Å². The van der Waals surface area contributed by atoms with Gasteiger partial charge in [0.15, 0.2) is 6.29 Å². The van der Waals surface area contributed by atoms with Gasteiger partial charge in [-0.3, -0.25) is 9.59 Å². The highest BCUT2D eigenvalue weighted by atomic mass is 16.5. The van der Waals surface area contributed by atoms with E-state index in [-0.39, 0.29) is 5.78 Å². The zero-order chi connectivity index (χ0) is 5.98. The van der Waals surface area contributed by atoms with Crippen molar-refractivity contribution in [1.82, 2.24) is 0 Å². The average molecular weight is 112 g/mol. The maximum absolute atomic E-state index is 10.4. The standard InChI is InChI=1S/C5H4O3/c6-3-5-4(7)1-2-8-5/h1-3,5H. The van der Waals surface area contributed by atoms with Gasteiger partial charge in [-0.1, -0.05) is 0 Å². The second-order valence-electron chi connectivity index (χ2n) is 1.40. The van der Waals surface area contributed by atoms with Gasteiger partial charge in [-0.05, 0) is 0 Å². The fourth-order valence-corrected chi connectivity index (χ4v) is 0.452. The van der Waals surface area contributed by atoms with Crippen molar-refractivity contribution >= 4 is 12.1 Å². The van der Waals surface area contributed by atoms with E-state index in [1.54, 1.807) is 0 Å². The Balaban J connectivity index is 2.63. The molecule has 0 radical (unpaired) electrons. The van der Waals surface area contributed by atoms with E-state index in [2.05, 4.69) is 4.74 Å². The third-order valence-electron chi connectivity index (χ3n) is 0.862. The summed E-state index contributed by atoms with van der Waals surface area (Å²) in [5.41, 5.74) is 0. The molecule has 3 nitrogen and oxygen atoms in total. The van der Waals surface area contributed by atoms with Crippen molar-refractivity contribution < 1.29 is 14.3 Å². The minimum absolute atomic E-state index is 0.278. The normalized spacial score (nSPS) is 25.5. The van der Waals surface area contributed by atoms with Crippen LogP contribution < -0.4 is 0 Å². The molecule has 0 aromatic heterocycles. The molecule has 0 aromatic rings. The maximum atomic E-state index is 10.4. The first-order chi connectivity index (χ1) is 3.84. The molecule has 0 saturated heterocycles. The minimum Gasteiger partial charge on any atom is -0.482 e. The van der Waals surface area contributed by atoms with E-state index >= 15 is 0 Å². The number of carbonyl (C=O) groups is 2. The highest BCUT2D eigenvalue weighted by Crippen LogP contribution is 2.00. The molecule has 0 N–H and O–H groups in total. The molecule has 0 spiro atoms. The average Bonchev–Trinajstić information content (AvgIpc) is 2.14. The number of ketones is 1. The lowest BCUT2D eigenvalue weighted by molar-refractivity contribution is -0.127. The van der Waals surface area contributed by atoms with Gasteiger partial charge in [0.05, 0.1) is 6.26 Å². The van der Waals surface area contributed by atoms with E-state index in [9.17, 15) is 9.59 Å². The van der Waals surface area contributed by atoms with E-state index in [0.717, 1.165) is 0 Å². The molecule has 0 saturated carbocycles. The molecule has 0 bridgehead atoms. The van der Waals surface area contributed by atoms with Crippen LogP contribution in [-0.4, -0.2) is 18.2 Å². The third-order valence-corrected chi connectivity index (χ3v) is 0.862. The van der Waals surface area contributed by atoms with Crippen molar-refractivity contribution in [2.75, 3.05) is 0 Å². The molecule has 0 fully saturated rings. The van der Waals surface area contributed by atoms with Crippen LogP contribution in [0.1, 0.15) is 0 Å². The summed E-state index contributed by atoms with van der Waals surface area (Å²) < 4.78 is 4.52. The number of aldehydes is 1. The molecule has 1 unspecified atom stereocenters. The molecule has 8 heavy (non-hydrogen) atoms. The summed E-state index contributed by atoms with van der Waals surface area (Å²) in [5, 5.41) is 0. The van der Waals surface area contributed by atoms with Crippen LogP contribution >= 0.6 is 0 Å². The summed E-state index contributed by atoms with van der Waals surface area (Å²) >= 11 is 0. The molecule has 0 aromatic carbocycles. The molecule has 1 aliphatic heterocycles.